The molecule has 0 aliphatic carbocycles. The van der Waals surface area contributed by atoms with Gasteiger partial charge in [-0.1, -0.05) is 32.0 Å². The van der Waals surface area contributed by atoms with E-state index in [2.05, 4.69) is 45.1 Å². The number of carbonyl (C=O) groups excluding carboxylic acids is 1. The monoisotopic (exact) mass is 383 g/mol. The van der Waals surface area contributed by atoms with Crippen LogP contribution in [0, 0.1) is 20.8 Å². The maximum absolute atomic E-state index is 12.5. The van der Waals surface area contributed by atoms with Gasteiger partial charge in [0.2, 0.25) is 0 Å². The molecule has 152 valence electrons. The van der Waals surface area contributed by atoms with Crippen molar-refractivity contribution in [2.75, 3.05) is 6.61 Å². The molecule has 0 aliphatic heterocycles. The Morgan fingerprint density at radius 1 is 0.964 bits per heavy atom. The van der Waals surface area contributed by atoms with Gasteiger partial charge in [0.05, 0.1) is 6.04 Å². The van der Waals surface area contributed by atoms with E-state index in [4.69, 9.17) is 9.47 Å². The van der Waals surface area contributed by atoms with Gasteiger partial charge in [-0.05, 0) is 81.0 Å². The third-order valence-electron chi connectivity index (χ3n) is 4.83. The molecule has 0 spiro atoms. The molecule has 2 aromatic rings. The Morgan fingerprint density at radius 3 is 2.32 bits per heavy atom. The third kappa shape index (κ3) is 6.01. The van der Waals surface area contributed by atoms with E-state index in [-0.39, 0.29) is 11.9 Å². The molecule has 0 bridgehead atoms. The molecule has 0 heterocycles. The highest BCUT2D eigenvalue weighted by atomic mass is 16.5. The second-order valence-corrected chi connectivity index (χ2v) is 7.92. The van der Waals surface area contributed by atoms with E-state index in [1.54, 1.807) is 6.92 Å². The highest BCUT2D eigenvalue weighted by Crippen LogP contribution is 2.28. The van der Waals surface area contributed by atoms with Crippen molar-refractivity contribution in [3.8, 4) is 11.5 Å². The highest BCUT2D eigenvalue weighted by molar-refractivity contribution is 5.81. The van der Waals surface area contributed by atoms with E-state index < -0.39 is 6.10 Å². The summed E-state index contributed by atoms with van der Waals surface area (Å²) in [5.41, 5.74) is 4.64. The van der Waals surface area contributed by atoms with Crippen LogP contribution >= 0.6 is 0 Å². The molecule has 0 fully saturated rings. The Bertz CT molecular complexity index is 813. The summed E-state index contributed by atoms with van der Waals surface area (Å²) in [6, 6.07) is 12.0. The van der Waals surface area contributed by atoms with Crippen molar-refractivity contribution >= 4 is 5.91 Å². The minimum Gasteiger partial charge on any atom is -0.491 e. The summed E-state index contributed by atoms with van der Waals surface area (Å²) in [7, 11) is 0. The first kappa shape index (κ1) is 21.8. The molecule has 0 aromatic heterocycles. The molecule has 2 aromatic carbocycles. The molecule has 0 saturated heterocycles. The summed E-state index contributed by atoms with van der Waals surface area (Å²) < 4.78 is 11.8. The zero-order valence-corrected chi connectivity index (χ0v) is 18.1. The average molecular weight is 384 g/mol. The standard InChI is InChI=1S/C24H33NO3/c1-15(2)22-11-8-16(3)12-23(22)28-20(7)24(26)25-19(6)14-27-21-10-9-17(4)18(5)13-21/h8-13,15,19-20H,14H2,1-7H3,(H,25,26). The first-order chi connectivity index (χ1) is 13.2. The van der Waals surface area contributed by atoms with Crippen LogP contribution in [-0.2, 0) is 4.79 Å². The number of amides is 1. The van der Waals surface area contributed by atoms with Crippen LogP contribution in [0.1, 0.15) is 55.9 Å². The normalized spacial score (nSPS) is 13.1. The third-order valence-corrected chi connectivity index (χ3v) is 4.83. The van der Waals surface area contributed by atoms with Gasteiger partial charge in [0.15, 0.2) is 6.10 Å². The number of benzene rings is 2. The Balaban J connectivity index is 1.91. The molecule has 4 nitrogen and oxygen atoms in total. The Morgan fingerprint density at radius 2 is 1.68 bits per heavy atom. The minimum atomic E-state index is -0.580. The number of hydrogen-bond donors (Lipinski definition) is 1. The zero-order valence-electron chi connectivity index (χ0n) is 18.1. The van der Waals surface area contributed by atoms with Crippen molar-refractivity contribution in [2.45, 2.75) is 66.5 Å². The van der Waals surface area contributed by atoms with Crippen molar-refractivity contribution in [1.29, 1.82) is 0 Å². The van der Waals surface area contributed by atoms with E-state index in [0.29, 0.717) is 12.5 Å². The molecular formula is C24H33NO3. The number of rotatable bonds is 8. The SMILES string of the molecule is Cc1ccc(C(C)C)c(OC(C)C(=O)NC(C)COc2ccc(C)c(C)c2)c1. The first-order valence-corrected chi connectivity index (χ1v) is 9.95. The second kappa shape index (κ2) is 9.63. The second-order valence-electron chi connectivity index (χ2n) is 7.92. The van der Waals surface area contributed by atoms with Gasteiger partial charge in [-0.15, -0.1) is 0 Å². The van der Waals surface area contributed by atoms with Crippen molar-refractivity contribution in [3.05, 3.63) is 58.7 Å². The van der Waals surface area contributed by atoms with Crippen LogP contribution < -0.4 is 14.8 Å². The van der Waals surface area contributed by atoms with Crippen LogP contribution in [0.2, 0.25) is 0 Å². The minimum absolute atomic E-state index is 0.123. The van der Waals surface area contributed by atoms with Crippen molar-refractivity contribution in [1.82, 2.24) is 5.32 Å². The lowest BCUT2D eigenvalue weighted by Gasteiger charge is -2.21. The lowest BCUT2D eigenvalue weighted by molar-refractivity contribution is -0.128. The van der Waals surface area contributed by atoms with Gasteiger partial charge >= 0.3 is 0 Å². The van der Waals surface area contributed by atoms with Crippen LogP contribution in [0.25, 0.3) is 0 Å². The summed E-state index contributed by atoms with van der Waals surface area (Å²) in [6.07, 6.45) is -0.580. The summed E-state index contributed by atoms with van der Waals surface area (Å²) in [5.74, 6) is 1.77. The molecular weight excluding hydrogens is 350 g/mol. The van der Waals surface area contributed by atoms with Gasteiger partial charge in [0.1, 0.15) is 18.1 Å². The molecule has 2 rings (SSSR count). The summed E-state index contributed by atoms with van der Waals surface area (Å²) in [6.45, 7) is 14.5. The Kier molecular flexibility index (Phi) is 7.50. The maximum atomic E-state index is 12.5. The molecule has 0 radical (unpaired) electrons. The van der Waals surface area contributed by atoms with Gasteiger partial charge in [-0.2, -0.15) is 0 Å². The van der Waals surface area contributed by atoms with Crippen molar-refractivity contribution < 1.29 is 14.3 Å². The lowest BCUT2D eigenvalue weighted by atomic mass is 10.0. The summed E-state index contributed by atoms with van der Waals surface area (Å²) >= 11 is 0. The molecule has 1 N–H and O–H groups in total. The van der Waals surface area contributed by atoms with Crippen LogP contribution in [0.4, 0.5) is 0 Å². The highest BCUT2D eigenvalue weighted by Gasteiger charge is 2.19. The fourth-order valence-corrected chi connectivity index (χ4v) is 2.89. The largest absolute Gasteiger partial charge is 0.491 e. The number of nitrogens with one attached hydrogen (secondary N) is 1. The predicted octanol–water partition coefficient (Wildman–Crippen LogP) is 5.09. The number of aryl methyl sites for hydroxylation is 3. The molecule has 4 heteroatoms. The molecule has 0 saturated carbocycles. The van der Waals surface area contributed by atoms with E-state index in [0.717, 1.165) is 22.6 Å². The Labute approximate surface area is 169 Å². The fourth-order valence-electron chi connectivity index (χ4n) is 2.89. The van der Waals surface area contributed by atoms with Gasteiger partial charge in [0, 0.05) is 0 Å². The van der Waals surface area contributed by atoms with E-state index in [1.807, 2.05) is 38.1 Å². The quantitative estimate of drug-likeness (QED) is 0.691. The van der Waals surface area contributed by atoms with Gasteiger partial charge in [-0.25, -0.2) is 0 Å². The summed E-state index contributed by atoms with van der Waals surface area (Å²) in [5, 5.41) is 2.97. The maximum Gasteiger partial charge on any atom is 0.261 e. The van der Waals surface area contributed by atoms with Crippen molar-refractivity contribution in [2.24, 2.45) is 0 Å². The Hall–Kier alpha value is -2.49. The molecule has 2 atom stereocenters. The smallest absolute Gasteiger partial charge is 0.261 e. The van der Waals surface area contributed by atoms with Gasteiger partial charge in [-0.3, -0.25) is 4.79 Å². The average Bonchev–Trinajstić information content (AvgIpc) is 2.62. The number of hydrogen-bond acceptors (Lipinski definition) is 3. The van der Waals surface area contributed by atoms with E-state index in [9.17, 15) is 4.79 Å². The lowest BCUT2D eigenvalue weighted by Crippen LogP contribution is -2.43. The molecule has 1 amide bonds. The topological polar surface area (TPSA) is 47.6 Å². The van der Waals surface area contributed by atoms with E-state index in [1.165, 1.54) is 11.1 Å². The first-order valence-electron chi connectivity index (χ1n) is 9.95. The van der Waals surface area contributed by atoms with Crippen molar-refractivity contribution in [3.63, 3.8) is 0 Å². The van der Waals surface area contributed by atoms with Crippen LogP contribution in [0.3, 0.4) is 0 Å². The van der Waals surface area contributed by atoms with Gasteiger partial charge < -0.3 is 14.8 Å². The molecule has 2 unspecified atom stereocenters. The van der Waals surface area contributed by atoms with Crippen LogP contribution in [0.15, 0.2) is 36.4 Å². The molecule has 0 aliphatic rings. The van der Waals surface area contributed by atoms with E-state index >= 15 is 0 Å². The fraction of sp³-hybridized carbons (Fsp3) is 0.458. The van der Waals surface area contributed by atoms with Crippen LogP contribution in [-0.4, -0.2) is 24.7 Å². The van der Waals surface area contributed by atoms with Gasteiger partial charge in [0.25, 0.3) is 5.91 Å². The molecule has 28 heavy (non-hydrogen) atoms. The predicted molar refractivity (Wildman–Crippen MR) is 114 cm³/mol. The number of carbonyl (C=O) groups is 1. The zero-order chi connectivity index (χ0) is 20.8. The number of ether oxygens (including phenoxy) is 2. The van der Waals surface area contributed by atoms with Crippen LogP contribution in [0.5, 0.6) is 11.5 Å². The summed E-state index contributed by atoms with van der Waals surface area (Å²) in [4.78, 5) is 12.5.